The molecular weight excluding hydrogens is 227 g/mol. The lowest BCUT2D eigenvalue weighted by Gasteiger charge is -2.22. The Hall–Kier alpha value is -1.09. The molecule has 2 saturated carbocycles. The molecule has 2 aliphatic carbocycles. The molecule has 0 spiro atoms. The van der Waals surface area contributed by atoms with Gasteiger partial charge in [0.2, 0.25) is 0 Å². The van der Waals surface area contributed by atoms with Crippen LogP contribution < -0.4 is 5.32 Å². The van der Waals surface area contributed by atoms with Crippen LogP contribution in [0.3, 0.4) is 0 Å². The highest BCUT2D eigenvalue weighted by Gasteiger charge is 2.33. The SMILES string of the molecule is Fc1ccccc1NCCN(CC1CC1)C1CC1. The molecule has 3 heteroatoms. The summed E-state index contributed by atoms with van der Waals surface area (Å²) in [6, 6.07) is 7.72. The molecule has 3 rings (SSSR count). The van der Waals surface area contributed by atoms with Gasteiger partial charge >= 0.3 is 0 Å². The molecule has 98 valence electrons. The van der Waals surface area contributed by atoms with E-state index in [1.54, 1.807) is 12.1 Å². The van der Waals surface area contributed by atoms with Crippen LogP contribution in [0.4, 0.5) is 10.1 Å². The highest BCUT2D eigenvalue weighted by atomic mass is 19.1. The zero-order valence-corrected chi connectivity index (χ0v) is 10.7. The zero-order valence-electron chi connectivity index (χ0n) is 10.7. The summed E-state index contributed by atoms with van der Waals surface area (Å²) in [6.45, 7) is 3.13. The Bertz CT molecular complexity index is 399. The molecule has 0 heterocycles. The first-order valence-electron chi connectivity index (χ1n) is 7.05. The molecule has 18 heavy (non-hydrogen) atoms. The molecule has 0 atom stereocenters. The molecule has 0 aromatic heterocycles. The van der Waals surface area contributed by atoms with Crippen molar-refractivity contribution in [3.05, 3.63) is 30.1 Å². The van der Waals surface area contributed by atoms with Crippen LogP contribution in [0.15, 0.2) is 24.3 Å². The normalized spacial score (nSPS) is 19.2. The third kappa shape index (κ3) is 3.22. The van der Waals surface area contributed by atoms with Crippen LogP contribution in [0.2, 0.25) is 0 Å². The number of nitrogens with one attached hydrogen (secondary N) is 1. The van der Waals surface area contributed by atoms with Gasteiger partial charge in [0, 0.05) is 25.7 Å². The highest BCUT2D eigenvalue weighted by Crippen LogP contribution is 2.34. The summed E-state index contributed by atoms with van der Waals surface area (Å²) in [4.78, 5) is 2.59. The van der Waals surface area contributed by atoms with E-state index in [2.05, 4.69) is 10.2 Å². The molecule has 0 amide bonds. The minimum absolute atomic E-state index is 0.155. The topological polar surface area (TPSA) is 15.3 Å². The monoisotopic (exact) mass is 248 g/mol. The van der Waals surface area contributed by atoms with Crippen LogP contribution in [0.5, 0.6) is 0 Å². The van der Waals surface area contributed by atoms with Gasteiger partial charge in [-0.3, -0.25) is 4.90 Å². The van der Waals surface area contributed by atoms with E-state index in [9.17, 15) is 4.39 Å². The number of halogens is 1. The Balaban J connectivity index is 1.46. The third-order valence-electron chi connectivity index (χ3n) is 3.84. The second-order valence-electron chi connectivity index (χ2n) is 5.58. The number of hydrogen-bond acceptors (Lipinski definition) is 2. The second kappa shape index (κ2) is 5.27. The molecule has 2 nitrogen and oxygen atoms in total. The predicted molar refractivity (Wildman–Crippen MR) is 72.2 cm³/mol. The number of hydrogen-bond donors (Lipinski definition) is 1. The van der Waals surface area contributed by atoms with Gasteiger partial charge in [-0.15, -0.1) is 0 Å². The average Bonchev–Trinajstić information content (AvgIpc) is 3.24. The molecule has 1 aromatic carbocycles. The Kier molecular flexibility index (Phi) is 3.50. The molecule has 0 aliphatic heterocycles. The van der Waals surface area contributed by atoms with Crippen molar-refractivity contribution in [2.45, 2.75) is 31.7 Å². The number of rotatable bonds is 7. The van der Waals surface area contributed by atoms with Crippen molar-refractivity contribution < 1.29 is 4.39 Å². The summed E-state index contributed by atoms with van der Waals surface area (Å²) in [5, 5.41) is 3.20. The van der Waals surface area contributed by atoms with Crippen molar-refractivity contribution in [2.24, 2.45) is 5.92 Å². The van der Waals surface area contributed by atoms with Gasteiger partial charge < -0.3 is 5.32 Å². The summed E-state index contributed by atoms with van der Waals surface area (Å²) in [7, 11) is 0. The van der Waals surface area contributed by atoms with Gasteiger partial charge in [-0.1, -0.05) is 12.1 Å². The largest absolute Gasteiger partial charge is 0.381 e. The summed E-state index contributed by atoms with van der Waals surface area (Å²) < 4.78 is 13.4. The van der Waals surface area contributed by atoms with Crippen molar-refractivity contribution in [1.29, 1.82) is 0 Å². The van der Waals surface area contributed by atoms with Crippen molar-refractivity contribution in [1.82, 2.24) is 4.90 Å². The summed E-state index contributed by atoms with van der Waals surface area (Å²) in [6.07, 6.45) is 5.52. The van der Waals surface area contributed by atoms with E-state index in [-0.39, 0.29) is 5.82 Å². The van der Waals surface area contributed by atoms with Crippen LogP contribution in [-0.4, -0.2) is 30.6 Å². The van der Waals surface area contributed by atoms with E-state index >= 15 is 0 Å². The van der Waals surface area contributed by atoms with Gasteiger partial charge in [-0.05, 0) is 43.7 Å². The predicted octanol–water partition coefficient (Wildman–Crippen LogP) is 3.11. The van der Waals surface area contributed by atoms with Gasteiger partial charge in [0.15, 0.2) is 0 Å². The van der Waals surface area contributed by atoms with Crippen molar-refractivity contribution in [3.8, 4) is 0 Å². The molecule has 0 saturated heterocycles. The first kappa shape index (κ1) is 12.0. The standard InChI is InChI=1S/C15H21FN2/c16-14-3-1-2-4-15(14)17-9-10-18(13-7-8-13)11-12-5-6-12/h1-4,12-13,17H,5-11H2. The van der Waals surface area contributed by atoms with Crippen LogP contribution >= 0.6 is 0 Å². The van der Waals surface area contributed by atoms with E-state index in [0.717, 1.165) is 25.0 Å². The number of benzene rings is 1. The molecule has 1 N–H and O–H groups in total. The quantitative estimate of drug-likeness (QED) is 0.797. The smallest absolute Gasteiger partial charge is 0.146 e. The molecule has 2 aliphatic rings. The molecule has 0 bridgehead atoms. The van der Waals surface area contributed by atoms with E-state index < -0.39 is 0 Å². The number of anilines is 1. The Morgan fingerprint density at radius 1 is 1.17 bits per heavy atom. The maximum Gasteiger partial charge on any atom is 0.146 e. The molecule has 2 fully saturated rings. The number of para-hydroxylation sites is 1. The lowest BCUT2D eigenvalue weighted by molar-refractivity contribution is 0.262. The van der Waals surface area contributed by atoms with Gasteiger partial charge in [-0.2, -0.15) is 0 Å². The van der Waals surface area contributed by atoms with E-state index in [1.807, 2.05) is 6.07 Å². The van der Waals surface area contributed by atoms with Crippen LogP contribution in [-0.2, 0) is 0 Å². The first-order chi connectivity index (χ1) is 8.83. The molecule has 0 unspecified atom stereocenters. The summed E-state index contributed by atoms with van der Waals surface area (Å²) in [5.41, 5.74) is 0.625. The lowest BCUT2D eigenvalue weighted by Crippen LogP contribution is -2.33. The first-order valence-corrected chi connectivity index (χ1v) is 7.05. The van der Waals surface area contributed by atoms with Crippen molar-refractivity contribution >= 4 is 5.69 Å². The fourth-order valence-corrected chi connectivity index (χ4v) is 2.43. The van der Waals surface area contributed by atoms with Crippen LogP contribution in [0.25, 0.3) is 0 Å². The summed E-state index contributed by atoms with van der Waals surface area (Å²) in [5.74, 6) is 0.789. The zero-order chi connectivity index (χ0) is 12.4. The second-order valence-corrected chi connectivity index (χ2v) is 5.58. The van der Waals surface area contributed by atoms with Crippen LogP contribution in [0.1, 0.15) is 25.7 Å². The van der Waals surface area contributed by atoms with Gasteiger partial charge in [0.25, 0.3) is 0 Å². The molecule has 0 radical (unpaired) electrons. The lowest BCUT2D eigenvalue weighted by atomic mass is 10.3. The Morgan fingerprint density at radius 3 is 2.61 bits per heavy atom. The fraction of sp³-hybridized carbons (Fsp3) is 0.600. The average molecular weight is 248 g/mol. The summed E-state index contributed by atoms with van der Waals surface area (Å²) >= 11 is 0. The molecule has 1 aromatic rings. The van der Waals surface area contributed by atoms with Gasteiger partial charge in [-0.25, -0.2) is 4.39 Å². The maximum absolute atomic E-state index is 13.4. The Labute approximate surface area is 108 Å². The molecular formula is C15H21FN2. The fourth-order valence-electron chi connectivity index (χ4n) is 2.43. The Morgan fingerprint density at radius 2 is 1.94 bits per heavy atom. The van der Waals surface area contributed by atoms with E-state index in [4.69, 9.17) is 0 Å². The van der Waals surface area contributed by atoms with Gasteiger partial charge in [0.1, 0.15) is 5.82 Å². The van der Waals surface area contributed by atoms with E-state index in [1.165, 1.54) is 38.3 Å². The highest BCUT2D eigenvalue weighted by molar-refractivity contribution is 5.44. The minimum atomic E-state index is -0.155. The van der Waals surface area contributed by atoms with Crippen molar-refractivity contribution in [3.63, 3.8) is 0 Å². The minimum Gasteiger partial charge on any atom is -0.381 e. The van der Waals surface area contributed by atoms with Crippen molar-refractivity contribution in [2.75, 3.05) is 25.0 Å². The number of nitrogens with zero attached hydrogens (tertiary/aromatic N) is 1. The van der Waals surface area contributed by atoms with E-state index in [0.29, 0.717) is 5.69 Å². The van der Waals surface area contributed by atoms with Gasteiger partial charge in [0.05, 0.1) is 5.69 Å². The van der Waals surface area contributed by atoms with Crippen LogP contribution in [0, 0.1) is 11.7 Å². The maximum atomic E-state index is 13.4. The third-order valence-corrected chi connectivity index (χ3v) is 3.84.